The molecule has 4 aromatic rings. The smallest absolute Gasteiger partial charge is 0.169 e. The van der Waals surface area contributed by atoms with E-state index in [-0.39, 0.29) is 0 Å². The Morgan fingerprint density at radius 1 is 1.00 bits per heavy atom. The summed E-state index contributed by atoms with van der Waals surface area (Å²) in [6.45, 7) is 12.6. The number of hydrogen-bond donors (Lipinski definition) is 0. The molecule has 4 heterocycles. The van der Waals surface area contributed by atoms with Gasteiger partial charge in [-0.05, 0) is 75.3 Å². The Balaban J connectivity index is 0.000000176. The maximum absolute atomic E-state index is 4.62. The van der Waals surface area contributed by atoms with Gasteiger partial charge < -0.3 is 0 Å². The van der Waals surface area contributed by atoms with E-state index in [9.17, 15) is 0 Å². The molecule has 0 aliphatic carbocycles. The van der Waals surface area contributed by atoms with E-state index in [0.717, 1.165) is 46.8 Å². The first-order chi connectivity index (χ1) is 13.4. The fourth-order valence-corrected chi connectivity index (χ4v) is 3.81. The summed E-state index contributed by atoms with van der Waals surface area (Å²) < 4.78 is 4.99. The molecule has 6 nitrogen and oxygen atoms in total. The van der Waals surface area contributed by atoms with E-state index >= 15 is 0 Å². The van der Waals surface area contributed by atoms with Gasteiger partial charge in [0.25, 0.3) is 0 Å². The van der Waals surface area contributed by atoms with Gasteiger partial charge in [-0.3, -0.25) is 0 Å². The molecule has 0 fully saturated rings. The van der Waals surface area contributed by atoms with E-state index in [4.69, 9.17) is 0 Å². The standard InChI is InChI=1S/C13H18IN3.C8H9N3/c1-5-10(6-2)11-7-8(3)15-13-12(14)9(4)16-17(11)13;1-6-7(2)10-11-5-3-4-9-8(6)11/h7,10H,5-6H2,1-4H3;3-5H,1-2H3. The maximum atomic E-state index is 4.62. The van der Waals surface area contributed by atoms with Crippen molar-refractivity contribution in [3.63, 3.8) is 0 Å². The van der Waals surface area contributed by atoms with Crippen molar-refractivity contribution in [3.8, 4) is 0 Å². The summed E-state index contributed by atoms with van der Waals surface area (Å²) in [6.07, 6.45) is 5.97. The third-order valence-corrected chi connectivity index (χ3v) is 6.38. The lowest BCUT2D eigenvalue weighted by Gasteiger charge is -2.14. The van der Waals surface area contributed by atoms with Crippen LogP contribution in [0.3, 0.4) is 0 Å². The van der Waals surface area contributed by atoms with Crippen LogP contribution in [-0.4, -0.2) is 29.2 Å². The predicted molar refractivity (Wildman–Crippen MR) is 121 cm³/mol. The van der Waals surface area contributed by atoms with Crippen LogP contribution in [0.1, 0.15) is 60.9 Å². The Morgan fingerprint density at radius 2 is 1.71 bits per heavy atom. The van der Waals surface area contributed by atoms with Gasteiger partial charge in [0.05, 0.1) is 15.0 Å². The fourth-order valence-electron chi connectivity index (χ4n) is 3.36. The number of aryl methyl sites for hydroxylation is 4. The van der Waals surface area contributed by atoms with Crippen LogP contribution in [0.2, 0.25) is 0 Å². The lowest BCUT2D eigenvalue weighted by Crippen LogP contribution is -2.07. The second-order valence-electron chi connectivity index (χ2n) is 7.07. The third kappa shape index (κ3) is 3.90. The fraction of sp³-hybridized carbons (Fsp3) is 0.429. The van der Waals surface area contributed by atoms with E-state index < -0.39 is 0 Å². The quantitative estimate of drug-likeness (QED) is 0.371. The number of nitrogens with zero attached hydrogens (tertiary/aromatic N) is 6. The summed E-state index contributed by atoms with van der Waals surface area (Å²) in [6, 6.07) is 4.05. The lowest BCUT2D eigenvalue weighted by molar-refractivity contribution is 0.598. The number of fused-ring (bicyclic) bond motifs is 2. The molecular formula is C21H27IN6. The zero-order chi connectivity index (χ0) is 20.4. The zero-order valence-electron chi connectivity index (χ0n) is 17.4. The van der Waals surface area contributed by atoms with Gasteiger partial charge in [0.1, 0.15) is 0 Å². The highest BCUT2D eigenvalue weighted by atomic mass is 127. The second kappa shape index (κ2) is 8.55. The van der Waals surface area contributed by atoms with E-state index in [1.54, 1.807) is 10.7 Å². The van der Waals surface area contributed by atoms with Crippen molar-refractivity contribution < 1.29 is 0 Å². The van der Waals surface area contributed by atoms with Crippen LogP contribution < -0.4 is 0 Å². The molecule has 0 bridgehead atoms. The second-order valence-corrected chi connectivity index (χ2v) is 8.15. The van der Waals surface area contributed by atoms with E-state index in [2.05, 4.69) is 69.6 Å². The highest BCUT2D eigenvalue weighted by molar-refractivity contribution is 14.1. The van der Waals surface area contributed by atoms with Crippen molar-refractivity contribution in [1.29, 1.82) is 0 Å². The normalized spacial score (nSPS) is 11.3. The average molecular weight is 490 g/mol. The van der Waals surface area contributed by atoms with Crippen LogP contribution in [0.25, 0.3) is 11.3 Å². The first kappa shape index (κ1) is 20.7. The summed E-state index contributed by atoms with van der Waals surface area (Å²) in [5, 5.41) is 8.88. The molecule has 0 unspecified atom stereocenters. The van der Waals surface area contributed by atoms with Crippen LogP contribution >= 0.6 is 22.6 Å². The molecule has 0 atom stereocenters. The molecule has 4 rings (SSSR count). The van der Waals surface area contributed by atoms with Crippen LogP contribution in [0.4, 0.5) is 0 Å². The molecule has 0 saturated heterocycles. The largest absolute Gasteiger partial charge is 0.237 e. The minimum atomic E-state index is 0.564. The summed E-state index contributed by atoms with van der Waals surface area (Å²) in [7, 11) is 0. The van der Waals surface area contributed by atoms with E-state index in [0.29, 0.717) is 5.92 Å². The third-order valence-electron chi connectivity index (χ3n) is 5.12. The lowest BCUT2D eigenvalue weighted by atomic mass is 9.99. The Labute approximate surface area is 179 Å². The van der Waals surface area contributed by atoms with Gasteiger partial charge in [-0.15, -0.1) is 0 Å². The summed E-state index contributed by atoms with van der Waals surface area (Å²) in [5.74, 6) is 0.564. The molecule has 0 N–H and O–H groups in total. The van der Waals surface area contributed by atoms with E-state index in [1.807, 2.05) is 37.5 Å². The molecule has 0 aliphatic heterocycles. The van der Waals surface area contributed by atoms with Crippen LogP contribution in [0.5, 0.6) is 0 Å². The van der Waals surface area contributed by atoms with Crippen molar-refractivity contribution in [2.45, 2.75) is 60.3 Å². The topological polar surface area (TPSA) is 60.4 Å². The summed E-state index contributed by atoms with van der Waals surface area (Å²) >= 11 is 2.33. The number of hydrogen-bond acceptors (Lipinski definition) is 4. The Morgan fingerprint density at radius 3 is 2.36 bits per heavy atom. The molecule has 0 spiro atoms. The Kier molecular flexibility index (Phi) is 6.32. The minimum absolute atomic E-state index is 0.564. The Bertz CT molecular complexity index is 1110. The van der Waals surface area contributed by atoms with Gasteiger partial charge in [0.15, 0.2) is 11.3 Å². The molecule has 0 amide bonds. The van der Waals surface area contributed by atoms with Gasteiger partial charge in [0.2, 0.25) is 0 Å². The molecule has 0 saturated carbocycles. The van der Waals surface area contributed by atoms with Gasteiger partial charge in [-0.25, -0.2) is 19.0 Å². The highest BCUT2D eigenvalue weighted by Crippen LogP contribution is 2.26. The Hall–Kier alpha value is -2.03. The monoisotopic (exact) mass is 490 g/mol. The summed E-state index contributed by atoms with van der Waals surface area (Å²) in [5.41, 5.74) is 7.60. The van der Waals surface area contributed by atoms with Gasteiger partial charge in [-0.2, -0.15) is 10.2 Å². The van der Waals surface area contributed by atoms with Crippen LogP contribution in [-0.2, 0) is 0 Å². The van der Waals surface area contributed by atoms with E-state index in [1.165, 1.54) is 9.26 Å². The molecular weight excluding hydrogens is 463 g/mol. The van der Waals surface area contributed by atoms with Gasteiger partial charge in [0, 0.05) is 35.3 Å². The molecule has 4 aromatic heterocycles. The molecule has 0 radical (unpaired) electrons. The molecule has 148 valence electrons. The molecule has 0 aliphatic rings. The average Bonchev–Trinajstić information content (AvgIpc) is 3.13. The number of rotatable bonds is 3. The zero-order valence-corrected chi connectivity index (χ0v) is 19.5. The van der Waals surface area contributed by atoms with Gasteiger partial charge >= 0.3 is 0 Å². The van der Waals surface area contributed by atoms with Crippen molar-refractivity contribution in [2.24, 2.45) is 0 Å². The molecule has 0 aromatic carbocycles. The maximum Gasteiger partial charge on any atom is 0.169 e. The highest BCUT2D eigenvalue weighted by Gasteiger charge is 2.16. The van der Waals surface area contributed by atoms with Crippen LogP contribution in [0.15, 0.2) is 24.5 Å². The first-order valence-electron chi connectivity index (χ1n) is 9.66. The predicted octanol–water partition coefficient (Wildman–Crippen LogP) is 5.20. The minimum Gasteiger partial charge on any atom is -0.237 e. The number of aromatic nitrogens is 6. The summed E-state index contributed by atoms with van der Waals surface area (Å²) in [4.78, 5) is 8.80. The van der Waals surface area contributed by atoms with Crippen molar-refractivity contribution >= 4 is 33.9 Å². The SMILES string of the molecule is CCC(CC)c1cc(C)nc2c(I)c(C)nn12.Cc1nn2cccnc2c1C. The molecule has 28 heavy (non-hydrogen) atoms. The number of halogens is 1. The molecule has 7 heteroatoms. The van der Waals surface area contributed by atoms with Crippen molar-refractivity contribution in [2.75, 3.05) is 0 Å². The van der Waals surface area contributed by atoms with Gasteiger partial charge in [-0.1, -0.05) is 13.8 Å². The van der Waals surface area contributed by atoms with Crippen LogP contribution in [0, 0.1) is 31.3 Å². The first-order valence-corrected chi connectivity index (χ1v) is 10.7. The van der Waals surface area contributed by atoms with Crippen molar-refractivity contribution in [1.82, 2.24) is 29.2 Å². The van der Waals surface area contributed by atoms with Crippen molar-refractivity contribution in [3.05, 3.63) is 56.4 Å².